The van der Waals surface area contributed by atoms with Crippen LogP contribution in [0, 0.1) is 0 Å². The molecule has 1 aliphatic heterocycles. The lowest BCUT2D eigenvalue weighted by Crippen LogP contribution is -2.43. The molecule has 2 rings (SSSR count). The monoisotopic (exact) mass is 326 g/mol. The van der Waals surface area contributed by atoms with Gasteiger partial charge < -0.3 is 10.2 Å². The minimum absolute atomic E-state index is 0.0482. The minimum Gasteiger partial charge on any atom is -0.339 e. The molecule has 126 valence electrons. The van der Waals surface area contributed by atoms with Crippen molar-refractivity contribution in [2.75, 3.05) is 20.1 Å². The molecule has 0 spiro atoms. The number of carbonyl (C=O) groups is 1. The molecule has 1 N–H and O–H groups in total. The summed E-state index contributed by atoms with van der Waals surface area (Å²) in [5.74, 6) is -0.258. The molecule has 0 bridgehead atoms. The summed E-state index contributed by atoms with van der Waals surface area (Å²) in [6, 6.07) is 5.46. The van der Waals surface area contributed by atoms with Crippen LogP contribution in [0.2, 0.25) is 0 Å². The van der Waals surface area contributed by atoms with E-state index in [0.29, 0.717) is 5.57 Å². The van der Waals surface area contributed by atoms with Gasteiger partial charge in [0, 0.05) is 19.2 Å². The molecule has 1 heterocycles. The molecule has 0 radical (unpaired) electrons. The van der Waals surface area contributed by atoms with Gasteiger partial charge in [0.2, 0.25) is 5.91 Å². The molecule has 1 saturated heterocycles. The number of nitrogens with zero attached hydrogens (tertiary/aromatic N) is 1. The van der Waals surface area contributed by atoms with Gasteiger partial charge >= 0.3 is 6.18 Å². The van der Waals surface area contributed by atoms with Gasteiger partial charge in [-0.2, -0.15) is 13.2 Å². The Hall–Kier alpha value is -1.82. The first-order valence-corrected chi connectivity index (χ1v) is 7.63. The number of carbonyl (C=O) groups excluding carboxylic acids is 1. The van der Waals surface area contributed by atoms with Crippen molar-refractivity contribution in [1.82, 2.24) is 10.2 Å². The number of hydrogen-bond acceptors (Lipinski definition) is 2. The lowest BCUT2D eigenvalue weighted by Gasteiger charge is -2.31. The second kappa shape index (κ2) is 7.17. The van der Waals surface area contributed by atoms with Crippen molar-refractivity contribution in [1.29, 1.82) is 0 Å². The minimum atomic E-state index is -4.43. The highest BCUT2D eigenvalue weighted by Crippen LogP contribution is 2.34. The van der Waals surface area contributed by atoms with Gasteiger partial charge in [-0.3, -0.25) is 4.79 Å². The number of alkyl halides is 3. The molecule has 1 aromatic rings. The van der Waals surface area contributed by atoms with Crippen LogP contribution in [0.15, 0.2) is 30.3 Å². The van der Waals surface area contributed by atoms with Crippen LogP contribution in [-0.2, 0) is 11.0 Å². The van der Waals surface area contributed by atoms with E-state index in [9.17, 15) is 18.0 Å². The smallest absolute Gasteiger partial charge is 0.339 e. The van der Waals surface area contributed by atoms with Gasteiger partial charge in [-0.15, -0.1) is 0 Å². The zero-order valence-corrected chi connectivity index (χ0v) is 13.3. The van der Waals surface area contributed by atoms with Crippen molar-refractivity contribution >= 4 is 11.5 Å². The second-order valence-corrected chi connectivity index (χ2v) is 5.80. The fourth-order valence-corrected chi connectivity index (χ4v) is 2.81. The summed E-state index contributed by atoms with van der Waals surface area (Å²) in [7, 11) is 1.71. The number of rotatable bonds is 3. The highest BCUT2D eigenvalue weighted by molar-refractivity contribution is 5.95. The van der Waals surface area contributed by atoms with E-state index in [1.807, 2.05) is 0 Å². The van der Waals surface area contributed by atoms with Crippen LogP contribution in [0.5, 0.6) is 0 Å². The molecule has 6 heteroatoms. The molecule has 1 amide bonds. The predicted octanol–water partition coefficient (Wildman–Crippen LogP) is 3.32. The summed E-state index contributed by atoms with van der Waals surface area (Å²) >= 11 is 0. The van der Waals surface area contributed by atoms with Gasteiger partial charge in [0.1, 0.15) is 0 Å². The predicted molar refractivity (Wildman–Crippen MR) is 83.8 cm³/mol. The third-order valence-corrected chi connectivity index (χ3v) is 4.20. The number of piperidine rings is 1. The highest BCUT2D eigenvalue weighted by atomic mass is 19.4. The normalized spacial score (nSPS) is 17.2. The Labute approximate surface area is 134 Å². The van der Waals surface area contributed by atoms with Gasteiger partial charge in [-0.25, -0.2) is 0 Å². The molecule has 23 heavy (non-hydrogen) atoms. The van der Waals surface area contributed by atoms with Crippen LogP contribution in [0.3, 0.4) is 0 Å². The highest BCUT2D eigenvalue weighted by Gasteiger charge is 2.33. The average molecular weight is 326 g/mol. The number of nitrogens with one attached hydrogen (secondary N) is 1. The Bertz CT molecular complexity index is 590. The van der Waals surface area contributed by atoms with Crippen LogP contribution < -0.4 is 5.32 Å². The van der Waals surface area contributed by atoms with Crippen molar-refractivity contribution in [3.05, 3.63) is 41.5 Å². The van der Waals surface area contributed by atoms with Crippen LogP contribution in [0.4, 0.5) is 13.2 Å². The lowest BCUT2D eigenvalue weighted by atomic mass is 9.99. The zero-order chi connectivity index (χ0) is 17.0. The Morgan fingerprint density at radius 2 is 1.87 bits per heavy atom. The van der Waals surface area contributed by atoms with E-state index in [1.54, 1.807) is 24.9 Å². The molecule has 1 aromatic carbocycles. The summed E-state index contributed by atoms with van der Waals surface area (Å²) in [5, 5.41) is 3.22. The van der Waals surface area contributed by atoms with Crippen molar-refractivity contribution in [3.8, 4) is 0 Å². The summed E-state index contributed by atoms with van der Waals surface area (Å²) in [6.07, 6.45) is -1.43. The molecule has 0 aromatic heterocycles. The molecule has 1 aliphatic rings. The van der Waals surface area contributed by atoms with Crippen LogP contribution in [-0.4, -0.2) is 37.0 Å². The van der Waals surface area contributed by atoms with Crippen LogP contribution in [0.25, 0.3) is 5.57 Å². The summed E-state index contributed by atoms with van der Waals surface area (Å²) in [6.45, 7) is 3.24. The van der Waals surface area contributed by atoms with E-state index in [4.69, 9.17) is 0 Å². The van der Waals surface area contributed by atoms with E-state index in [1.165, 1.54) is 18.2 Å². The van der Waals surface area contributed by atoms with E-state index in [0.717, 1.165) is 32.0 Å². The van der Waals surface area contributed by atoms with E-state index < -0.39 is 11.7 Å². The number of amides is 1. The topological polar surface area (TPSA) is 32.3 Å². The standard InChI is InChI=1S/C17H21F3N2O/c1-12(14-5-3-4-6-15(14)17(18,19)20)11-16(23)22(2)13-7-9-21-10-8-13/h3-6,11,13,21H,7-10H2,1-2H3/b12-11+. The van der Waals surface area contributed by atoms with Gasteiger partial charge in [-0.05, 0) is 50.1 Å². The van der Waals surface area contributed by atoms with Gasteiger partial charge in [0.25, 0.3) is 0 Å². The summed E-state index contributed by atoms with van der Waals surface area (Å²) in [5.41, 5.74) is -0.346. The third-order valence-electron chi connectivity index (χ3n) is 4.20. The maximum atomic E-state index is 13.1. The van der Waals surface area contributed by atoms with Gasteiger partial charge in [0.15, 0.2) is 0 Å². The Morgan fingerprint density at radius 3 is 2.48 bits per heavy atom. The number of likely N-dealkylation sites (N-methyl/N-ethyl adjacent to an activating group) is 1. The Kier molecular flexibility index (Phi) is 5.46. The SMILES string of the molecule is C/C(=C\C(=O)N(C)C1CCNCC1)c1ccccc1C(F)(F)F. The number of hydrogen-bond donors (Lipinski definition) is 1. The van der Waals surface area contributed by atoms with E-state index >= 15 is 0 Å². The first-order valence-electron chi connectivity index (χ1n) is 7.63. The molecule has 0 atom stereocenters. The maximum Gasteiger partial charge on any atom is 0.416 e. The van der Waals surface area contributed by atoms with Crippen molar-refractivity contribution in [2.45, 2.75) is 32.0 Å². The largest absolute Gasteiger partial charge is 0.416 e. The second-order valence-electron chi connectivity index (χ2n) is 5.80. The number of allylic oxidation sites excluding steroid dienone is 1. The van der Waals surface area contributed by atoms with E-state index in [2.05, 4.69) is 5.32 Å². The third kappa shape index (κ3) is 4.34. The van der Waals surface area contributed by atoms with Crippen molar-refractivity contribution < 1.29 is 18.0 Å². The molecule has 0 saturated carbocycles. The number of benzene rings is 1. The Balaban J connectivity index is 2.21. The fraction of sp³-hybridized carbons (Fsp3) is 0.471. The molecular weight excluding hydrogens is 305 g/mol. The average Bonchev–Trinajstić information content (AvgIpc) is 2.54. The lowest BCUT2D eigenvalue weighted by molar-refractivity contribution is -0.137. The van der Waals surface area contributed by atoms with Crippen molar-refractivity contribution in [3.63, 3.8) is 0 Å². The summed E-state index contributed by atoms with van der Waals surface area (Å²) < 4.78 is 39.2. The molecule has 0 unspecified atom stereocenters. The first-order chi connectivity index (χ1) is 10.8. The first kappa shape index (κ1) is 17.5. The quantitative estimate of drug-likeness (QED) is 0.864. The zero-order valence-electron chi connectivity index (χ0n) is 13.3. The molecule has 1 fully saturated rings. The van der Waals surface area contributed by atoms with E-state index in [-0.39, 0.29) is 17.5 Å². The fourth-order valence-electron chi connectivity index (χ4n) is 2.81. The number of halogens is 3. The van der Waals surface area contributed by atoms with Crippen LogP contribution in [0.1, 0.15) is 30.9 Å². The van der Waals surface area contributed by atoms with Gasteiger partial charge in [-0.1, -0.05) is 18.2 Å². The van der Waals surface area contributed by atoms with Crippen molar-refractivity contribution in [2.24, 2.45) is 0 Å². The molecular formula is C17H21F3N2O. The molecule has 0 aliphatic carbocycles. The molecule has 3 nitrogen and oxygen atoms in total. The Morgan fingerprint density at radius 1 is 1.26 bits per heavy atom. The summed E-state index contributed by atoms with van der Waals surface area (Å²) in [4.78, 5) is 14.0. The van der Waals surface area contributed by atoms with Gasteiger partial charge in [0.05, 0.1) is 5.56 Å². The van der Waals surface area contributed by atoms with Crippen LogP contribution >= 0.6 is 0 Å². The maximum absolute atomic E-state index is 13.1.